The Bertz CT molecular complexity index is 1690. The Hall–Kier alpha value is -5.28. The van der Waals surface area contributed by atoms with Crippen molar-refractivity contribution in [3.05, 3.63) is 101 Å². The van der Waals surface area contributed by atoms with Crippen molar-refractivity contribution in [2.24, 2.45) is 5.73 Å². The summed E-state index contributed by atoms with van der Waals surface area (Å²) in [7, 11) is 3.03. The van der Waals surface area contributed by atoms with Crippen LogP contribution < -0.4 is 29.6 Å². The maximum absolute atomic E-state index is 13.6. The van der Waals surface area contributed by atoms with Gasteiger partial charge in [0.05, 0.1) is 26.5 Å². The number of nitrogens with two attached hydrogens (primary N) is 1. The van der Waals surface area contributed by atoms with E-state index in [1.165, 1.54) is 7.11 Å². The molecule has 4 aromatic carbocycles. The molecule has 0 bridgehead atoms. The lowest BCUT2D eigenvalue weighted by atomic mass is 9.98. The summed E-state index contributed by atoms with van der Waals surface area (Å²) in [5.41, 5.74) is 11.8. The molecule has 0 saturated carbocycles. The molecule has 6 rings (SSSR count). The average molecular weight is 579 g/mol. The van der Waals surface area contributed by atoms with Crippen molar-refractivity contribution in [1.29, 1.82) is 0 Å². The van der Waals surface area contributed by atoms with E-state index in [0.29, 0.717) is 28.6 Å². The third-order valence-corrected chi connectivity index (χ3v) is 7.54. The standard InChI is InChI=1S/C34H30N2O7/c1-39-29-14-13-21(11-12-22-16-30(40-2)33-31(17-22)42-20-43-33)15-28(29)36(32(37)18-35)34(38)41-19-27-25-9-5-3-7-23(25)24-8-4-6-10-26(24)27/h3-17,27H,18-20,35H2,1-2H3/b12-11-. The highest BCUT2D eigenvalue weighted by Gasteiger charge is 2.32. The number of ether oxygens (including phenoxy) is 5. The first kappa shape index (κ1) is 27.9. The predicted octanol–water partition coefficient (Wildman–Crippen LogP) is 5.84. The molecule has 1 heterocycles. The van der Waals surface area contributed by atoms with Crippen molar-refractivity contribution in [3.8, 4) is 34.1 Å². The van der Waals surface area contributed by atoms with Gasteiger partial charge in [0, 0.05) is 5.92 Å². The van der Waals surface area contributed by atoms with Crippen molar-refractivity contribution < 1.29 is 33.3 Å². The lowest BCUT2D eigenvalue weighted by molar-refractivity contribution is -0.116. The number of carbonyl (C=O) groups excluding carboxylic acids is 2. The maximum atomic E-state index is 13.6. The fraction of sp³-hybridized carbons (Fsp3) is 0.176. The molecule has 9 nitrogen and oxygen atoms in total. The van der Waals surface area contributed by atoms with Crippen molar-refractivity contribution in [1.82, 2.24) is 0 Å². The fourth-order valence-corrected chi connectivity index (χ4v) is 5.51. The van der Waals surface area contributed by atoms with Crippen molar-refractivity contribution in [2.75, 3.05) is 39.1 Å². The van der Waals surface area contributed by atoms with E-state index < -0.39 is 18.5 Å². The number of rotatable bonds is 8. The van der Waals surface area contributed by atoms with Gasteiger partial charge in [-0.05, 0) is 57.6 Å². The largest absolute Gasteiger partial charge is 0.495 e. The van der Waals surface area contributed by atoms with Gasteiger partial charge in [0.15, 0.2) is 11.5 Å². The van der Waals surface area contributed by atoms with Crippen LogP contribution in [-0.2, 0) is 9.53 Å². The second-order valence-corrected chi connectivity index (χ2v) is 9.96. The highest BCUT2D eigenvalue weighted by atomic mass is 16.7. The van der Waals surface area contributed by atoms with Gasteiger partial charge in [-0.2, -0.15) is 0 Å². The zero-order chi connectivity index (χ0) is 29.9. The van der Waals surface area contributed by atoms with Gasteiger partial charge in [0.2, 0.25) is 18.4 Å². The summed E-state index contributed by atoms with van der Waals surface area (Å²) in [4.78, 5) is 27.6. The SMILES string of the molecule is COc1ccc(/C=C\c2cc(OC)c3c(c2)OCO3)cc1N(C(=O)CN)C(=O)OCC1c2ccccc2-c2ccccc21. The molecule has 9 heteroatoms. The number of nitrogens with zero attached hydrogens (tertiary/aromatic N) is 1. The quantitative estimate of drug-likeness (QED) is 0.260. The minimum Gasteiger partial charge on any atom is -0.495 e. The van der Waals surface area contributed by atoms with E-state index in [4.69, 9.17) is 29.4 Å². The molecule has 0 atom stereocenters. The summed E-state index contributed by atoms with van der Waals surface area (Å²) >= 11 is 0. The van der Waals surface area contributed by atoms with Crippen LogP contribution in [0.25, 0.3) is 23.3 Å². The van der Waals surface area contributed by atoms with Crippen LogP contribution in [0.4, 0.5) is 10.5 Å². The van der Waals surface area contributed by atoms with E-state index >= 15 is 0 Å². The number of benzene rings is 4. The average Bonchev–Trinajstić information content (AvgIpc) is 3.65. The zero-order valence-corrected chi connectivity index (χ0v) is 23.7. The summed E-state index contributed by atoms with van der Waals surface area (Å²) in [6.07, 6.45) is 2.86. The molecule has 2 aliphatic rings. The second kappa shape index (κ2) is 11.9. The van der Waals surface area contributed by atoms with Crippen molar-refractivity contribution in [3.63, 3.8) is 0 Å². The normalized spacial score (nSPS) is 13.0. The van der Waals surface area contributed by atoms with E-state index in [0.717, 1.165) is 32.7 Å². The lowest BCUT2D eigenvalue weighted by Gasteiger charge is -2.23. The summed E-state index contributed by atoms with van der Waals surface area (Å²) in [6, 6.07) is 24.9. The third-order valence-electron chi connectivity index (χ3n) is 7.54. The molecule has 0 spiro atoms. The molecule has 1 aliphatic heterocycles. The van der Waals surface area contributed by atoms with Gasteiger partial charge in [0.25, 0.3) is 0 Å². The number of fused-ring (bicyclic) bond motifs is 4. The fourth-order valence-electron chi connectivity index (χ4n) is 5.51. The van der Waals surface area contributed by atoms with Crippen LogP contribution in [-0.4, -0.2) is 46.2 Å². The Balaban J connectivity index is 1.27. The van der Waals surface area contributed by atoms with Crippen LogP contribution in [0.5, 0.6) is 23.0 Å². The highest BCUT2D eigenvalue weighted by Crippen LogP contribution is 2.45. The van der Waals surface area contributed by atoms with Gasteiger partial charge >= 0.3 is 6.09 Å². The smallest absolute Gasteiger partial charge is 0.421 e. The molecule has 4 aromatic rings. The second-order valence-electron chi connectivity index (χ2n) is 9.96. The first-order chi connectivity index (χ1) is 21.0. The Morgan fingerprint density at radius 2 is 1.53 bits per heavy atom. The van der Waals surface area contributed by atoms with Crippen LogP contribution in [0.1, 0.15) is 28.2 Å². The molecule has 0 fully saturated rings. The number of hydrogen-bond donors (Lipinski definition) is 1. The van der Waals surface area contributed by atoms with Gasteiger partial charge in [-0.1, -0.05) is 66.7 Å². The number of methoxy groups -OCH3 is 2. The number of carbonyl (C=O) groups is 2. The van der Waals surface area contributed by atoms with Crippen LogP contribution in [0.15, 0.2) is 78.9 Å². The minimum atomic E-state index is -0.836. The molecular formula is C34H30N2O7. The highest BCUT2D eigenvalue weighted by molar-refractivity contribution is 6.14. The molecule has 2 N–H and O–H groups in total. The molecule has 0 aromatic heterocycles. The van der Waals surface area contributed by atoms with E-state index in [2.05, 4.69) is 12.1 Å². The van der Waals surface area contributed by atoms with Gasteiger partial charge in [-0.3, -0.25) is 4.79 Å². The van der Waals surface area contributed by atoms with Crippen LogP contribution in [0, 0.1) is 0 Å². The third kappa shape index (κ3) is 5.26. The molecule has 0 radical (unpaired) electrons. The Morgan fingerprint density at radius 3 is 2.21 bits per heavy atom. The summed E-state index contributed by atoms with van der Waals surface area (Å²) in [5.74, 6) is 1.23. The van der Waals surface area contributed by atoms with Gasteiger partial charge in [-0.25, -0.2) is 9.69 Å². The van der Waals surface area contributed by atoms with Crippen molar-refractivity contribution in [2.45, 2.75) is 5.92 Å². The number of imide groups is 1. The van der Waals surface area contributed by atoms with Gasteiger partial charge in [-0.15, -0.1) is 0 Å². The lowest BCUT2D eigenvalue weighted by Crippen LogP contribution is -2.42. The molecule has 0 unspecified atom stereocenters. The van der Waals surface area contributed by atoms with Crippen LogP contribution in [0.2, 0.25) is 0 Å². The Labute approximate surface area is 249 Å². The number of amides is 2. The van der Waals surface area contributed by atoms with Crippen molar-refractivity contribution >= 4 is 29.8 Å². The summed E-state index contributed by atoms with van der Waals surface area (Å²) in [6.45, 7) is -0.221. The minimum absolute atomic E-state index is 0.0507. The topological polar surface area (TPSA) is 110 Å². The number of hydrogen-bond acceptors (Lipinski definition) is 8. The van der Waals surface area contributed by atoms with Gasteiger partial charge in [0.1, 0.15) is 12.4 Å². The Kier molecular flexibility index (Phi) is 7.72. The number of anilines is 1. The zero-order valence-electron chi connectivity index (χ0n) is 23.7. The molecule has 0 saturated heterocycles. The first-order valence-electron chi connectivity index (χ1n) is 13.7. The maximum Gasteiger partial charge on any atom is 0.421 e. The molecule has 218 valence electrons. The summed E-state index contributed by atoms with van der Waals surface area (Å²) in [5, 5.41) is 0. The summed E-state index contributed by atoms with van der Waals surface area (Å²) < 4.78 is 27.8. The van der Waals surface area contributed by atoms with Crippen LogP contribution >= 0.6 is 0 Å². The van der Waals surface area contributed by atoms with Crippen LogP contribution in [0.3, 0.4) is 0 Å². The van der Waals surface area contributed by atoms with E-state index in [1.54, 1.807) is 19.2 Å². The first-order valence-corrected chi connectivity index (χ1v) is 13.7. The predicted molar refractivity (Wildman–Crippen MR) is 163 cm³/mol. The van der Waals surface area contributed by atoms with E-state index in [9.17, 15) is 9.59 Å². The monoisotopic (exact) mass is 578 g/mol. The molecule has 43 heavy (non-hydrogen) atoms. The molecule has 1 aliphatic carbocycles. The van der Waals surface area contributed by atoms with Gasteiger partial charge < -0.3 is 29.4 Å². The van der Waals surface area contributed by atoms with E-state index in [1.807, 2.05) is 66.7 Å². The molecular weight excluding hydrogens is 548 g/mol. The molecule has 2 amide bonds. The van der Waals surface area contributed by atoms with E-state index in [-0.39, 0.29) is 25.0 Å². The Morgan fingerprint density at radius 1 is 0.860 bits per heavy atom.